The van der Waals surface area contributed by atoms with Crippen LogP contribution in [-0.2, 0) is 20.9 Å². The Morgan fingerprint density at radius 1 is 1.38 bits per heavy atom. The Morgan fingerprint density at radius 2 is 2.06 bits per heavy atom. The van der Waals surface area contributed by atoms with E-state index in [1.807, 2.05) is 30.3 Å². The van der Waals surface area contributed by atoms with E-state index in [2.05, 4.69) is 9.24 Å². The van der Waals surface area contributed by atoms with E-state index in [0.717, 1.165) is 11.8 Å². The zero-order valence-corrected chi connectivity index (χ0v) is 10.1. The molecule has 0 spiro atoms. The van der Waals surface area contributed by atoms with Crippen molar-refractivity contribution in [3.8, 4) is 0 Å². The predicted octanol–water partition coefficient (Wildman–Crippen LogP) is 1.95. The average molecular weight is 238 g/mol. The molecule has 0 aliphatic rings. The lowest BCUT2D eigenvalue weighted by Gasteiger charge is -2.05. The number of rotatable bonds is 6. The van der Waals surface area contributed by atoms with Gasteiger partial charge in [0, 0.05) is 12.1 Å². The maximum Gasteiger partial charge on any atom is 0.306 e. The zero-order valence-electron chi connectivity index (χ0n) is 8.96. The molecule has 0 radical (unpaired) electrons. The first kappa shape index (κ1) is 12.9. The van der Waals surface area contributed by atoms with E-state index in [4.69, 9.17) is 4.74 Å². The molecule has 0 bridgehead atoms. The van der Waals surface area contributed by atoms with Gasteiger partial charge in [-0.1, -0.05) is 30.3 Å². The van der Waals surface area contributed by atoms with Crippen molar-refractivity contribution in [2.45, 2.75) is 25.1 Å². The van der Waals surface area contributed by atoms with Crippen LogP contribution in [-0.4, -0.2) is 17.9 Å². The van der Waals surface area contributed by atoms with Gasteiger partial charge in [0.15, 0.2) is 0 Å². The normalized spacial score (nSPS) is 11.8. The molecule has 1 aromatic rings. The molecule has 0 fully saturated rings. The highest BCUT2D eigenvalue weighted by Gasteiger charge is 2.06. The standard InChI is InChI=1S/C12H15O3P/c13-8-11(16)6-7-12(14)15-9-10-4-2-1-3-5-10/h1-5,8,11H,6-7,9,16H2. The lowest BCUT2D eigenvalue weighted by Crippen LogP contribution is -2.08. The van der Waals surface area contributed by atoms with Crippen molar-refractivity contribution in [3.63, 3.8) is 0 Å². The summed E-state index contributed by atoms with van der Waals surface area (Å²) in [6.07, 6.45) is 1.61. The van der Waals surface area contributed by atoms with Gasteiger partial charge in [0.05, 0.1) is 0 Å². The van der Waals surface area contributed by atoms with Gasteiger partial charge in [0.25, 0.3) is 0 Å². The highest BCUT2D eigenvalue weighted by atomic mass is 31.0. The van der Waals surface area contributed by atoms with Crippen molar-refractivity contribution in [2.24, 2.45) is 0 Å². The molecule has 16 heavy (non-hydrogen) atoms. The Morgan fingerprint density at radius 3 is 2.69 bits per heavy atom. The molecule has 3 nitrogen and oxygen atoms in total. The monoisotopic (exact) mass is 238 g/mol. The lowest BCUT2D eigenvalue weighted by atomic mass is 10.2. The van der Waals surface area contributed by atoms with Gasteiger partial charge < -0.3 is 9.53 Å². The number of hydrogen-bond acceptors (Lipinski definition) is 3. The fraction of sp³-hybridized carbons (Fsp3) is 0.333. The molecule has 86 valence electrons. The number of ether oxygens (including phenoxy) is 1. The van der Waals surface area contributed by atoms with Gasteiger partial charge in [0.1, 0.15) is 12.9 Å². The molecule has 0 N–H and O–H groups in total. The van der Waals surface area contributed by atoms with Gasteiger partial charge in [-0.25, -0.2) is 0 Å². The highest BCUT2D eigenvalue weighted by Crippen LogP contribution is 2.07. The van der Waals surface area contributed by atoms with Crippen LogP contribution in [0, 0.1) is 0 Å². The van der Waals surface area contributed by atoms with Crippen molar-refractivity contribution in [1.82, 2.24) is 0 Å². The Hall–Kier alpha value is -1.21. The number of aldehydes is 1. The fourth-order valence-electron chi connectivity index (χ4n) is 1.16. The van der Waals surface area contributed by atoms with E-state index in [-0.39, 0.29) is 18.0 Å². The first-order chi connectivity index (χ1) is 7.72. The van der Waals surface area contributed by atoms with Crippen LogP contribution in [0.3, 0.4) is 0 Å². The molecule has 0 aromatic heterocycles. The molecule has 2 atom stereocenters. The summed E-state index contributed by atoms with van der Waals surface area (Å²) in [4.78, 5) is 21.6. The third-order valence-corrected chi connectivity index (χ3v) is 2.59. The molecule has 0 amide bonds. The molecule has 0 aliphatic heterocycles. The molecule has 1 rings (SSSR count). The lowest BCUT2D eigenvalue weighted by molar-refractivity contribution is -0.145. The van der Waals surface area contributed by atoms with Crippen molar-refractivity contribution >= 4 is 21.5 Å². The van der Waals surface area contributed by atoms with Crippen LogP contribution in [0.25, 0.3) is 0 Å². The van der Waals surface area contributed by atoms with Crippen LogP contribution in [0.15, 0.2) is 30.3 Å². The average Bonchev–Trinajstić information content (AvgIpc) is 2.34. The molecule has 2 unspecified atom stereocenters. The van der Waals surface area contributed by atoms with E-state index >= 15 is 0 Å². The van der Waals surface area contributed by atoms with E-state index in [9.17, 15) is 9.59 Å². The van der Waals surface area contributed by atoms with Crippen molar-refractivity contribution < 1.29 is 14.3 Å². The van der Waals surface area contributed by atoms with Gasteiger partial charge in [-0.05, 0) is 12.0 Å². The molecule has 0 heterocycles. The predicted molar refractivity (Wildman–Crippen MR) is 65.0 cm³/mol. The molecular formula is C12H15O3P. The molecule has 1 aromatic carbocycles. The minimum atomic E-state index is -0.266. The summed E-state index contributed by atoms with van der Waals surface area (Å²) in [6.45, 7) is 0.294. The first-order valence-corrected chi connectivity index (χ1v) is 5.79. The van der Waals surface area contributed by atoms with Crippen LogP contribution < -0.4 is 0 Å². The van der Waals surface area contributed by atoms with Gasteiger partial charge in [-0.15, -0.1) is 9.24 Å². The second-order valence-electron chi connectivity index (χ2n) is 3.48. The van der Waals surface area contributed by atoms with Crippen molar-refractivity contribution in [3.05, 3.63) is 35.9 Å². The van der Waals surface area contributed by atoms with Gasteiger partial charge >= 0.3 is 5.97 Å². The minimum Gasteiger partial charge on any atom is -0.461 e. The third-order valence-electron chi connectivity index (χ3n) is 2.10. The summed E-state index contributed by atoms with van der Waals surface area (Å²) in [6, 6.07) is 9.51. The van der Waals surface area contributed by atoms with Gasteiger partial charge in [0.2, 0.25) is 0 Å². The zero-order chi connectivity index (χ0) is 11.8. The number of hydrogen-bond donors (Lipinski definition) is 0. The molecular weight excluding hydrogens is 223 g/mol. The summed E-state index contributed by atoms with van der Waals surface area (Å²) in [7, 11) is 2.38. The summed E-state index contributed by atoms with van der Waals surface area (Å²) < 4.78 is 5.06. The van der Waals surface area contributed by atoms with Crippen molar-refractivity contribution in [2.75, 3.05) is 0 Å². The minimum absolute atomic E-state index is 0.163. The summed E-state index contributed by atoms with van der Waals surface area (Å²) in [5.74, 6) is -0.266. The Balaban J connectivity index is 2.23. The quantitative estimate of drug-likeness (QED) is 0.432. The van der Waals surface area contributed by atoms with Gasteiger partial charge in [-0.3, -0.25) is 4.79 Å². The largest absolute Gasteiger partial charge is 0.461 e. The summed E-state index contributed by atoms with van der Waals surface area (Å²) >= 11 is 0. The van der Waals surface area contributed by atoms with Crippen LogP contribution in [0.4, 0.5) is 0 Å². The second-order valence-corrected chi connectivity index (χ2v) is 4.34. The number of benzene rings is 1. The van der Waals surface area contributed by atoms with Crippen LogP contribution >= 0.6 is 9.24 Å². The van der Waals surface area contributed by atoms with Crippen LogP contribution in [0.5, 0.6) is 0 Å². The van der Waals surface area contributed by atoms with Gasteiger partial charge in [-0.2, -0.15) is 0 Å². The first-order valence-electron chi connectivity index (χ1n) is 5.13. The molecule has 0 saturated carbocycles. The number of esters is 1. The van der Waals surface area contributed by atoms with Crippen molar-refractivity contribution in [1.29, 1.82) is 0 Å². The maximum atomic E-state index is 11.3. The number of carbonyl (C=O) groups excluding carboxylic acids is 2. The summed E-state index contributed by atoms with van der Waals surface area (Å²) in [5, 5.41) is 0. The summed E-state index contributed by atoms with van der Waals surface area (Å²) in [5.41, 5.74) is 0.804. The molecule has 4 heteroatoms. The second kappa shape index (κ2) is 7.13. The van der Waals surface area contributed by atoms with E-state index in [1.165, 1.54) is 0 Å². The van der Waals surface area contributed by atoms with E-state index < -0.39 is 0 Å². The molecule has 0 aliphatic carbocycles. The third kappa shape index (κ3) is 5.04. The fourth-order valence-corrected chi connectivity index (χ4v) is 1.33. The smallest absolute Gasteiger partial charge is 0.306 e. The van der Waals surface area contributed by atoms with E-state index in [1.54, 1.807) is 0 Å². The Labute approximate surface area is 97.4 Å². The number of carbonyl (C=O) groups is 2. The van der Waals surface area contributed by atoms with E-state index in [0.29, 0.717) is 13.0 Å². The highest BCUT2D eigenvalue weighted by molar-refractivity contribution is 7.19. The maximum absolute atomic E-state index is 11.3. The van der Waals surface area contributed by atoms with Crippen LogP contribution in [0.2, 0.25) is 0 Å². The Kier molecular flexibility index (Phi) is 5.73. The molecule has 0 saturated heterocycles. The topological polar surface area (TPSA) is 43.4 Å². The Bertz CT molecular complexity index is 337. The SMILES string of the molecule is O=CC(P)CCC(=O)OCc1ccccc1. The van der Waals surface area contributed by atoms with Crippen LogP contribution in [0.1, 0.15) is 18.4 Å².